The summed E-state index contributed by atoms with van der Waals surface area (Å²) in [5.41, 5.74) is 2.65. The van der Waals surface area contributed by atoms with Crippen molar-refractivity contribution in [1.82, 2.24) is 4.57 Å². The highest BCUT2D eigenvalue weighted by Crippen LogP contribution is 2.21. The van der Waals surface area contributed by atoms with E-state index in [-0.39, 0.29) is 17.5 Å². The predicted octanol–water partition coefficient (Wildman–Crippen LogP) is 2.52. The second-order valence-electron chi connectivity index (χ2n) is 5.04. The zero-order valence-electron chi connectivity index (χ0n) is 12.4. The molecule has 0 radical (unpaired) electrons. The molecule has 2 N–H and O–H groups in total. The molecule has 1 atom stereocenters. The number of anilines is 2. The van der Waals surface area contributed by atoms with E-state index < -0.39 is 0 Å². The van der Waals surface area contributed by atoms with E-state index in [2.05, 4.69) is 10.6 Å². The van der Waals surface area contributed by atoms with Gasteiger partial charge in [-0.3, -0.25) is 9.59 Å². The van der Waals surface area contributed by atoms with E-state index in [9.17, 15) is 9.59 Å². The van der Waals surface area contributed by atoms with E-state index in [1.807, 2.05) is 31.2 Å². The van der Waals surface area contributed by atoms with Crippen LogP contribution in [0, 0.1) is 0 Å². The number of pyridine rings is 1. The summed E-state index contributed by atoms with van der Waals surface area (Å²) in [6.45, 7) is 3.51. The number of aromatic nitrogens is 1. The predicted molar refractivity (Wildman–Crippen MR) is 84.5 cm³/mol. The number of nitrogens with zero attached hydrogens (tertiary/aromatic N) is 1. The maximum absolute atomic E-state index is 11.4. The summed E-state index contributed by atoms with van der Waals surface area (Å²) >= 11 is 0. The number of hydrogen-bond donors (Lipinski definition) is 2. The molecule has 1 unspecified atom stereocenters. The molecule has 1 aromatic carbocycles. The minimum absolute atomic E-state index is 0.0409. The topological polar surface area (TPSA) is 63.1 Å². The lowest BCUT2D eigenvalue weighted by Gasteiger charge is -2.17. The van der Waals surface area contributed by atoms with Gasteiger partial charge in [0.25, 0.3) is 0 Å². The molecule has 0 aliphatic heterocycles. The number of aryl methyl sites for hydroxylation is 1. The Hall–Kier alpha value is -2.56. The number of hydrogen-bond acceptors (Lipinski definition) is 3. The average Bonchev–Trinajstić information content (AvgIpc) is 2.42. The van der Waals surface area contributed by atoms with Crippen LogP contribution in [0.3, 0.4) is 0 Å². The lowest BCUT2D eigenvalue weighted by molar-refractivity contribution is -0.114. The van der Waals surface area contributed by atoms with Crippen LogP contribution in [0.4, 0.5) is 11.4 Å². The summed E-state index contributed by atoms with van der Waals surface area (Å²) in [5.74, 6) is -0.0918. The van der Waals surface area contributed by atoms with Gasteiger partial charge in [-0.15, -0.1) is 0 Å². The Kier molecular flexibility index (Phi) is 4.42. The summed E-state index contributed by atoms with van der Waals surface area (Å²) in [5, 5.41) is 6.10. The molecular weight excluding hydrogens is 266 g/mol. The largest absolute Gasteiger partial charge is 0.377 e. The molecule has 1 aromatic heterocycles. The Morgan fingerprint density at radius 1 is 1.19 bits per heavy atom. The minimum atomic E-state index is -0.0918. The average molecular weight is 285 g/mol. The first-order valence-corrected chi connectivity index (χ1v) is 6.76. The monoisotopic (exact) mass is 285 g/mol. The number of nitrogens with one attached hydrogen (secondary N) is 2. The van der Waals surface area contributed by atoms with Crippen molar-refractivity contribution in [2.75, 3.05) is 10.6 Å². The first kappa shape index (κ1) is 14.8. The molecule has 21 heavy (non-hydrogen) atoms. The molecule has 5 heteroatoms. The highest BCUT2D eigenvalue weighted by atomic mass is 16.1. The Morgan fingerprint density at radius 3 is 2.62 bits per heavy atom. The van der Waals surface area contributed by atoms with E-state index >= 15 is 0 Å². The third-order valence-electron chi connectivity index (χ3n) is 3.18. The lowest BCUT2D eigenvalue weighted by Crippen LogP contribution is -2.16. The maximum Gasteiger partial charge on any atom is 0.250 e. The fourth-order valence-electron chi connectivity index (χ4n) is 2.10. The van der Waals surface area contributed by atoms with Crippen molar-refractivity contribution in [2.24, 2.45) is 7.05 Å². The van der Waals surface area contributed by atoms with Gasteiger partial charge in [-0.1, -0.05) is 12.1 Å². The second-order valence-corrected chi connectivity index (χ2v) is 5.04. The zero-order chi connectivity index (χ0) is 15.4. The van der Waals surface area contributed by atoms with Crippen molar-refractivity contribution >= 4 is 17.3 Å². The number of carbonyl (C=O) groups excluding carboxylic acids is 1. The lowest BCUT2D eigenvalue weighted by atomic mass is 10.1. The van der Waals surface area contributed by atoms with Gasteiger partial charge >= 0.3 is 0 Å². The van der Waals surface area contributed by atoms with Crippen LogP contribution in [0.25, 0.3) is 0 Å². The smallest absolute Gasteiger partial charge is 0.250 e. The van der Waals surface area contributed by atoms with Crippen LogP contribution in [0.5, 0.6) is 0 Å². The van der Waals surface area contributed by atoms with Gasteiger partial charge in [-0.25, -0.2) is 0 Å². The molecule has 0 bridgehead atoms. The molecule has 110 valence electrons. The minimum Gasteiger partial charge on any atom is -0.377 e. The van der Waals surface area contributed by atoms with Gasteiger partial charge in [0.2, 0.25) is 11.5 Å². The van der Waals surface area contributed by atoms with Gasteiger partial charge < -0.3 is 15.2 Å². The Balaban J connectivity index is 2.15. The molecule has 0 fully saturated rings. The van der Waals surface area contributed by atoms with Crippen molar-refractivity contribution in [3.8, 4) is 0 Å². The standard InChI is InChI=1S/C16H19N3O2/c1-11(17-15-7-8-16(21)19(3)10-15)13-5-4-6-14(9-13)18-12(2)20/h4-11,17H,1-3H3,(H,18,20). The maximum atomic E-state index is 11.4. The summed E-state index contributed by atoms with van der Waals surface area (Å²) < 4.78 is 1.53. The van der Waals surface area contributed by atoms with E-state index in [0.717, 1.165) is 16.9 Å². The van der Waals surface area contributed by atoms with Gasteiger partial charge in [-0.05, 0) is 30.7 Å². The van der Waals surface area contributed by atoms with E-state index in [0.29, 0.717) is 0 Å². The van der Waals surface area contributed by atoms with Crippen LogP contribution < -0.4 is 16.2 Å². The highest BCUT2D eigenvalue weighted by molar-refractivity contribution is 5.88. The normalized spacial score (nSPS) is 11.8. The van der Waals surface area contributed by atoms with Crippen molar-refractivity contribution in [2.45, 2.75) is 19.9 Å². The molecule has 0 spiro atoms. The van der Waals surface area contributed by atoms with Crippen LogP contribution >= 0.6 is 0 Å². The molecule has 0 aliphatic carbocycles. The quantitative estimate of drug-likeness (QED) is 0.907. The molecule has 2 aromatic rings. The van der Waals surface area contributed by atoms with Gasteiger partial charge in [0.05, 0.1) is 5.69 Å². The zero-order valence-corrected chi connectivity index (χ0v) is 12.4. The third kappa shape index (κ3) is 3.95. The summed E-state index contributed by atoms with van der Waals surface area (Å²) in [6.07, 6.45) is 1.76. The number of carbonyl (C=O) groups is 1. The Morgan fingerprint density at radius 2 is 1.95 bits per heavy atom. The van der Waals surface area contributed by atoms with Crippen LogP contribution in [-0.4, -0.2) is 10.5 Å². The van der Waals surface area contributed by atoms with Gasteiger partial charge in [-0.2, -0.15) is 0 Å². The van der Waals surface area contributed by atoms with E-state index in [1.54, 1.807) is 19.3 Å². The number of benzene rings is 1. The van der Waals surface area contributed by atoms with Crippen molar-refractivity contribution in [1.29, 1.82) is 0 Å². The fourth-order valence-corrected chi connectivity index (χ4v) is 2.10. The van der Waals surface area contributed by atoms with Crippen molar-refractivity contribution in [3.05, 3.63) is 58.5 Å². The third-order valence-corrected chi connectivity index (χ3v) is 3.18. The van der Waals surface area contributed by atoms with Gasteiger partial charge in [0.15, 0.2) is 0 Å². The first-order valence-electron chi connectivity index (χ1n) is 6.76. The fraction of sp³-hybridized carbons (Fsp3) is 0.250. The Labute approximate surface area is 123 Å². The van der Waals surface area contributed by atoms with Crippen molar-refractivity contribution in [3.63, 3.8) is 0 Å². The van der Waals surface area contributed by atoms with Crippen LogP contribution in [0.1, 0.15) is 25.5 Å². The summed E-state index contributed by atoms with van der Waals surface area (Å²) in [7, 11) is 1.72. The van der Waals surface area contributed by atoms with E-state index in [4.69, 9.17) is 0 Å². The molecule has 0 saturated carbocycles. The number of amides is 1. The molecular formula is C16H19N3O2. The molecule has 1 amide bonds. The van der Waals surface area contributed by atoms with Crippen LogP contribution in [-0.2, 0) is 11.8 Å². The molecule has 0 saturated heterocycles. The number of rotatable bonds is 4. The SMILES string of the molecule is CC(=O)Nc1cccc(C(C)Nc2ccc(=O)n(C)c2)c1. The van der Waals surface area contributed by atoms with Gasteiger partial charge in [0, 0.05) is 38.0 Å². The molecule has 5 nitrogen and oxygen atoms in total. The second kappa shape index (κ2) is 6.26. The van der Waals surface area contributed by atoms with Gasteiger partial charge in [0.1, 0.15) is 0 Å². The summed E-state index contributed by atoms with van der Waals surface area (Å²) in [4.78, 5) is 22.5. The molecule has 2 rings (SSSR count). The van der Waals surface area contributed by atoms with Crippen LogP contribution in [0.2, 0.25) is 0 Å². The van der Waals surface area contributed by atoms with Crippen LogP contribution in [0.15, 0.2) is 47.4 Å². The molecule has 0 aliphatic rings. The highest BCUT2D eigenvalue weighted by Gasteiger charge is 2.07. The first-order chi connectivity index (χ1) is 9.95. The van der Waals surface area contributed by atoms with Crippen molar-refractivity contribution < 1.29 is 4.79 Å². The molecule has 1 heterocycles. The summed E-state index contributed by atoms with van der Waals surface area (Å²) in [6, 6.07) is 11.0. The van der Waals surface area contributed by atoms with E-state index in [1.165, 1.54) is 17.6 Å². The Bertz CT molecular complexity index is 707.